The topological polar surface area (TPSA) is 0 Å². The van der Waals surface area contributed by atoms with Crippen LogP contribution >= 0.6 is 48.0 Å². The van der Waals surface area contributed by atoms with Crippen LogP contribution in [-0.2, 0) is 39.5 Å². The second-order valence-corrected chi connectivity index (χ2v) is 23.3. The molecule has 8 rings (SSSR count). The van der Waals surface area contributed by atoms with Crippen LogP contribution in [0.5, 0.6) is 0 Å². The van der Waals surface area contributed by atoms with Gasteiger partial charge >= 0.3 is 123 Å². The minimum absolute atomic E-state index is 0. The molecule has 312 valence electrons. The summed E-state index contributed by atoms with van der Waals surface area (Å²) in [6.45, 7) is 30.0. The number of halogens is 4. The van der Waals surface area contributed by atoms with Crippen molar-refractivity contribution in [1.29, 1.82) is 0 Å². The summed E-state index contributed by atoms with van der Waals surface area (Å²) in [7, 11) is 0. The Morgan fingerprint density at radius 1 is 0.610 bits per heavy atom. The van der Waals surface area contributed by atoms with Gasteiger partial charge in [0.25, 0.3) is 0 Å². The first-order valence-corrected chi connectivity index (χ1v) is 24.0. The van der Waals surface area contributed by atoms with E-state index in [2.05, 4.69) is 176 Å². The molecule has 4 aliphatic carbocycles. The SMILES string of the molecule is CC(C)(C)C1=CC[C-]=C1.CC(C)(C)C1=[C-]C(C)(C)c2cc3c(cc21)-c1cc2c(cc1C3)C(C)(C)C=C2C(C)(C)C.Cl.Cl.Clc1ccc([CH]=[Zr]=[CH]c2ccc(Cl)cc2)cc1. The van der Waals surface area contributed by atoms with Crippen LogP contribution in [0.1, 0.15) is 141 Å². The van der Waals surface area contributed by atoms with Crippen LogP contribution in [0.3, 0.4) is 0 Å². The standard InChI is InChI=1S/C31H37.C9H13.2C7H5Cl.2ClH.Zr/c1-28(2,3)26-16-30(7,8)24-12-18-11-19-13-25-23(15-21(19)20(18)14-22(24)26)27(29(4,5)6)17-31(25,9)10;1-9(2,3)8-6-4-5-7-8;2*1-6-2-4-7(8)5-3-6;;;/h12-16H,11H2,1-10H3;6-7H,4H2,1-3H3;2*1-5H;2*1H;/q2*-1;;;;;. The summed E-state index contributed by atoms with van der Waals surface area (Å²) in [6, 6.07) is 25.9. The first-order chi connectivity index (χ1) is 26.4. The summed E-state index contributed by atoms with van der Waals surface area (Å²) in [4.78, 5) is 0. The van der Waals surface area contributed by atoms with Crippen molar-refractivity contribution in [3.05, 3.63) is 163 Å². The maximum atomic E-state index is 5.84. The van der Waals surface area contributed by atoms with E-state index in [9.17, 15) is 0 Å². The minimum atomic E-state index is -0.623. The molecule has 0 radical (unpaired) electrons. The fraction of sp³-hybridized carbons (Fsp3) is 0.370. The van der Waals surface area contributed by atoms with E-state index in [1.165, 1.54) is 72.4 Å². The number of allylic oxidation sites excluding steroid dienone is 8. The monoisotopic (exact) mass is 940 g/mol. The van der Waals surface area contributed by atoms with E-state index in [0.29, 0.717) is 5.41 Å². The van der Waals surface area contributed by atoms with Crippen LogP contribution in [0, 0.1) is 28.4 Å². The number of hydrogen-bond donors (Lipinski definition) is 0. The van der Waals surface area contributed by atoms with Gasteiger partial charge in [-0.2, -0.15) is 17.2 Å². The van der Waals surface area contributed by atoms with Crippen molar-refractivity contribution in [1.82, 2.24) is 0 Å². The Kier molecular flexibility index (Phi) is 15.5. The molecule has 0 saturated heterocycles. The van der Waals surface area contributed by atoms with Crippen molar-refractivity contribution in [2.24, 2.45) is 16.2 Å². The fourth-order valence-corrected chi connectivity index (χ4v) is 10.6. The van der Waals surface area contributed by atoms with Crippen LogP contribution in [0.2, 0.25) is 10.0 Å². The van der Waals surface area contributed by atoms with E-state index in [1.54, 1.807) is 0 Å². The molecule has 0 fully saturated rings. The zero-order chi connectivity index (χ0) is 41.7. The van der Waals surface area contributed by atoms with Gasteiger partial charge in [-0.25, -0.2) is 11.6 Å². The molecular weight excluding hydrogens is 882 g/mol. The van der Waals surface area contributed by atoms with Crippen molar-refractivity contribution in [3.8, 4) is 11.1 Å². The second-order valence-electron chi connectivity index (χ2n) is 20.2. The van der Waals surface area contributed by atoms with Crippen LogP contribution in [-0.4, -0.2) is 7.42 Å². The quantitative estimate of drug-likeness (QED) is 0.155. The first kappa shape index (κ1) is 49.3. The van der Waals surface area contributed by atoms with Crippen molar-refractivity contribution in [3.63, 3.8) is 0 Å². The Hall–Kier alpha value is -2.38. The van der Waals surface area contributed by atoms with Crippen LogP contribution in [0.4, 0.5) is 0 Å². The summed E-state index contributed by atoms with van der Waals surface area (Å²) >= 11 is 11.0. The van der Waals surface area contributed by atoms with Crippen molar-refractivity contribution in [2.45, 2.75) is 114 Å². The normalized spacial score (nSPS) is 16.1. The Morgan fingerprint density at radius 3 is 1.53 bits per heavy atom. The average Bonchev–Trinajstić information content (AvgIpc) is 3.89. The van der Waals surface area contributed by atoms with Crippen molar-refractivity contribution < 1.29 is 22.3 Å². The molecule has 4 aliphatic rings. The number of fused-ring (bicyclic) bond motifs is 5. The van der Waals surface area contributed by atoms with Gasteiger partial charge in [0, 0.05) is 5.41 Å². The molecule has 0 spiro atoms. The summed E-state index contributed by atoms with van der Waals surface area (Å²) in [6.07, 6.45) is 15.9. The molecule has 0 atom stereocenters. The number of benzene rings is 4. The first-order valence-electron chi connectivity index (χ1n) is 20.4. The third-order valence-electron chi connectivity index (χ3n) is 11.4. The Bertz CT molecular complexity index is 2230. The van der Waals surface area contributed by atoms with Gasteiger partial charge < -0.3 is 0 Å². The number of hydrogen-bond acceptors (Lipinski definition) is 0. The molecule has 0 aromatic heterocycles. The Morgan fingerprint density at radius 2 is 1.10 bits per heavy atom. The van der Waals surface area contributed by atoms with Gasteiger partial charge in [0.2, 0.25) is 0 Å². The van der Waals surface area contributed by atoms with Gasteiger partial charge in [-0.3, -0.25) is 12.2 Å². The third kappa shape index (κ3) is 11.4. The summed E-state index contributed by atoms with van der Waals surface area (Å²) in [5.41, 5.74) is 19.2. The maximum absolute atomic E-state index is 5.84. The van der Waals surface area contributed by atoms with E-state index < -0.39 is 22.3 Å². The summed E-state index contributed by atoms with van der Waals surface area (Å²) in [5, 5.41) is 1.57. The van der Waals surface area contributed by atoms with Gasteiger partial charge in [-0.05, 0) is 62.3 Å². The molecule has 59 heavy (non-hydrogen) atoms. The molecule has 0 heterocycles. The van der Waals surface area contributed by atoms with Crippen molar-refractivity contribution in [2.75, 3.05) is 0 Å². The van der Waals surface area contributed by atoms with Crippen LogP contribution in [0.15, 0.2) is 96.6 Å². The zero-order valence-electron chi connectivity index (χ0n) is 37.3. The molecule has 4 aromatic rings. The predicted molar refractivity (Wildman–Crippen MR) is 262 cm³/mol. The average molecular weight is 944 g/mol. The van der Waals surface area contributed by atoms with E-state index in [-0.39, 0.29) is 46.5 Å². The molecular formula is C54H62Cl4Zr-2. The molecule has 0 nitrogen and oxygen atoms in total. The van der Waals surface area contributed by atoms with Crippen LogP contribution in [0.25, 0.3) is 22.3 Å². The van der Waals surface area contributed by atoms with E-state index in [4.69, 9.17) is 23.2 Å². The van der Waals surface area contributed by atoms with Crippen LogP contribution < -0.4 is 0 Å². The van der Waals surface area contributed by atoms with Gasteiger partial charge in [0.15, 0.2) is 0 Å². The molecule has 0 N–H and O–H groups in total. The molecule has 0 saturated carbocycles. The molecule has 4 aromatic carbocycles. The third-order valence-corrected chi connectivity index (χ3v) is 14.4. The van der Waals surface area contributed by atoms with Crippen molar-refractivity contribution >= 4 is 66.6 Å². The summed E-state index contributed by atoms with van der Waals surface area (Å²) in [5.74, 6) is 0. The molecule has 0 amide bonds. The zero-order valence-corrected chi connectivity index (χ0v) is 42.9. The van der Waals surface area contributed by atoms with Gasteiger partial charge in [0.1, 0.15) is 0 Å². The molecule has 0 bridgehead atoms. The van der Waals surface area contributed by atoms with E-state index in [0.717, 1.165) is 22.9 Å². The van der Waals surface area contributed by atoms with Gasteiger partial charge in [0.05, 0.1) is 0 Å². The fourth-order valence-electron chi connectivity index (χ4n) is 8.22. The Labute approximate surface area is 390 Å². The van der Waals surface area contributed by atoms with Gasteiger partial charge in [-0.1, -0.05) is 119 Å². The Balaban J connectivity index is 0.000000230. The molecule has 0 unspecified atom stereocenters. The van der Waals surface area contributed by atoms with E-state index in [1.807, 2.05) is 24.3 Å². The number of rotatable bonds is 2. The molecule has 0 aliphatic heterocycles. The second kappa shape index (κ2) is 18.5. The van der Waals surface area contributed by atoms with Gasteiger partial charge in [-0.15, -0.1) is 42.9 Å². The summed E-state index contributed by atoms with van der Waals surface area (Å²) < 4.78 is 4.66. The predicted octanol–water partition coefficient (Wildman–Crippen LogP) is 16.1. The van der Waals surface area contributed by atoms with E-state index >= 15 is 0 Å². The molecule has 5 heteroatoms.